The predicted molar refractivity (Wildman–Crippen MR) is 259 cm³/mol. The number of nitrogens with one attached hydrogen (secondary N) is 1. The molecule has 4 nitrogen and oxygen atoms in total. The van der Waals surface area contributed by atoms with E-state index >= 15 is 0 Å². The molecule has 0 saturated heterocycles. The van der Waals surface area contributed by atoms with Crippen LogP contribution < -0.4 is 11.1 Å². The molecule has 0 amide bonds. The van der Waals surface area contributed by atoms with Crippen LogP contribution >= 0.6 is 0 Å². The summed E-state index contributed by atoms with van der Waals surface area (Å²) in [5.41, 5.74) is 20.4. The number of benzene rings is 5. The molecule has 7 rings (SSSR count). The molecule has 3 N–H and O–H groups in total. The summed E-state index contributed by atoms with van der Waals surface area (Å²) < 4.78 is 4.73. The first kappa shape index (κ1) is 45.0. The lowest BCUT2D eigenvalue weighted by Gasteiger charge is -2.18. The fourth-order valence-electron chi connectivity index (χ4n) is 6.77. The second-order valence-corrected chi connectivity index (χ2v) is 13.7. The van der Waals surface area contributed by atoms with Crippen molar-refractivity contribution >= 4 is 23.1 Å². The van der Waals surface area contributed by atoms with Crippen molar-refractivity contribution in [3.63, 3.8) is 0 Å². The van der Waals surface area contributed by atoms with Gasteiger partial charge in [0.05, 0.1) is 22.9 Å². The minimum atomic E-state index is -0.194. The van der Waals surface area contributed by atoms with E-state index in [4.69, 9.17) is 5.73 Å². The van der Waals surface area contributed by atoms with E-state index in [1.165, 1.54) is 22.1 Å². The summed E-state index contributed by atoms with van der Waals surface area (Å²) in [5, 5.41) is 4.25. The molecule has 7 aromatic rings. The van der Waals surface area contributed by atoms with Crippen molar-refractivity contribution < 1.29 is 0 Å². The van der Waals surface area contributed by atoms with Gasteiger partial charge in [0.1, 0.15) is 0 Å². The van der Waals surface area contributed by atoms with Crippen LogP contribution in [0.2, 0.25) is 0 Å². The van der Waals surface area contributed by atoms with Gasteiger partial charge in [0.15, 0.2) is 0 Å². The summed E-state index contributed by atoms with van der Waals surface area (Å²) in [6, 6.07) is 48.1. The van der Waals surface area contributed by atoms with Crippen LogP contribution in [0.15, 0.2) is 203 Å². The second-order valence-electron chi connectivity index (χ2n) is 13.7. The number of nitrogens with two attached hydrogens (primary N) is 1. The minimum Gasteiger partial charge on any atom is -0.320 e. The monoisotopic (exact) mass is 776 g/mol. The average molecular weight is 777 g/mol. The highest BCUT2D eigenvalue weighted by Crippen LogP contribution is 2.42. The van der Waals surface area contributed by atoms with Gasteiger partial charge in [-0.2, -0.15) is 0 Å². The molecule has 4 heteroatoms. The van der Waals surface area contributed by atoms with E-state index in [1.807, 2.05) is 67.7 Å². The third-order valence-electron chi connectivity index (χ3n) is 9.86. The van der Waals surface area contributed by atoms with Gasteiger partial charge in [0, 0.05) is 34.6 Å². The highest BCUT2D eigenvalue weighted by atomic mass is 15.1. The van der Waals surface area contributed by atoms with Crippen LogP contribution in [0.4, 0.5) is 0 Å². The maximum atomic E-state index is 6.67. The van der Waals surface area contributed by atoms with E-state index in [-0.39, 0.29) is 6.04 Å². The second kappa shape index (κ2) is 23.5. The van der Waals surface area contributed by atoms with Crippen LogP contribution in [0.25, 0.3) is 45.8 Å². The molecular weight excluding hydrogens is 717 g/mol. The lowest BCUT2D eigenvalue weighted by atomic mass is 9.99. The number of fused-ring (bicyclic) bond motifs is 1. The van der Waals surface area contributed by atoms with Crippen molar-refractivity contribution in [3.05, 3.63) is 242 Å². The van der Waals surface area contributed by atoms with Crippen LogP contribution in [0.1, 0.15) is 58.5 Å². The summed E-state index contributed by atoms with van der Waals surface area (Å²) in [5.74, 6) is 0. The molecule has 0 saturated carbocycles. The Bertz CT molecular complexity index is 2420. The molecule has 0 spiro atoms. The van der Waals surface area contributed by atoms with Crippen LogP contribution in [-0.4, -0.2) is 16.2 Å². The molecule has 59 heavy (non-hydrogen) atoms. The number of hydrogen-bond acceptors (Lipinski definition) is 2. The lowest BCUT2D eigenvalue weighted by Crippen LogP contribution is -2.12. The van der Waals surface area contributed by atoms with Crippen LogP contribution in [0.5, 0.6) is 0 Å². The Morgan fingerprint density at radius 3 is 1.68 bits per heavy atom. The first-order valence-corrected chi connectivity index (χ1v) is 20.1. The first-order valence-electron chi connectivity index (χ1n) is 20.1. The van der Waals surface area contributed by atoms with Crippen molar-refractivity contribution in [1.29, 1.82) is 0 Å². The summed E-state index contributed by atoms with van der Waals surface area (Å²) in [7, 11) is 1.95. The van der Waals surface area contributed by atoms with Crippen molar-refractivity contribution in [2.75, 3.05) is 7.05 Å². The molecule has 0 bridgehead atoms. The summed E-state index contributed by atoms with van der Waals surface area (Å²) in [6.45, 7) is 25.9. The van der Waals surface area contributed by atoms with Crippen molar-refractivity contribution in [2.24, 2.45) is 5.73 Å². The van der Waals surface area contributed by atoms with Crippen LogP contribution in [0.3, 0.4) is 0 Å². The van der Waals surface area contributed by atoms with Gasteiger partial charge >= 0.3 is 0 Å². The van der Waals surface area contributed by atoms with Crippen LogP contribution in [-0.2, 0) is 6.54 Å². The van der Waals surface area contributed by atoms with Crippen molar-refractivity contribution in [2.45, 2.75) is 39.8 Å². The number of hydrogen-bond donors (Lipinski definition) is 2. The zero-order valence-electron chi connectivity index (χ0n) is 35.3. The number of para-hydroxylation sites is 2. The highest BCUT2D eigenvalue weighted by Gasteiger charge is 2.26. The number of aromatic nitrogens is 2. The molecule has 0 aliphatic heterocycles. The average Bonchev–Trinajstić information content (AvgIpc) is 3.75. The van der Waals surface area contributed by atoms with Gasteiger partial charge in [-0.25, -0.2) is 0 Å². The number of nitrogens with zero attached hydrogens (tertiary/aromatic N) is 2. The van der Waals surface area contributed by atoms with Gasteiger partial charge < -0.3 is 20.2 Å². The third-order valence-corrected chi connectivity index (χ3v) is 9.86. The van der Waals surface area contributed by atoms with Gasteiger partial charge in [-0.15, -0.1) is 6.58 Å². The smallest absolute Gasteiger partial charge is 0.0785 e. The summed E-state index contributed by atoms with van der Waals surface area (Å²) in [6.07, 6.45) is 14.2. The third kappa shape index (κ3) is 11.2. The largest absolute Gasteiger partial charge is 0.320 e. The molecule has 2 heterocycles. The topological polar surface area (TPSA) is 47.9 Å². The van der Waals surface area contributed by atoms with Gasteiger partial charge in [-0.3, -0.25) is 0 Å². The Kier molecular flexibility index (Phi) is 17.9. The number of rotatable bonds is 12. The van der Waals surface area contributed by atoms with Gasteiger partial charge in [0.2, 0.25) is 0 Å². The predicted octanol–water partition coefficient (Wildman–Crippen LogP) is 13.9. The van der Waals surface area contributed by atoms with Gasteiger partial charge in [-0.1, -0.05) is 179 Å². The van der Waals surface area contributed by atoms with Crippen LogP contribution in [0, 0.1) is 13.8 Å². The van der Waals surface area contributed by atoms with E-state index in [2.05, 4.69) is 177 Å². The maximum absolute atomic E-state index is 6.67. The molecule has 1 unspecified atom stereocenters. The zero-order chi connectivity index (χ0) is 42.6. The first-order chi connectivity index (χ1) is 28.8. The standard InChI is InChI=1S/C39H35N3.C8H11N.C4H8.C4H6/c1-5-7-21-35-27(3)28(4)38(41(35)32-25-23-30(24-26-32)37(40)29-16-10-8-11-17-29)39-33(6-2)34-20-14-15-22-36(34)42(39)31-18-12-9-13-19-31;1-9-7-8-5-3-2-4-6-8;2*1-3-4-2/h5-26,37H,1-2,40H2,3-4H3;2-6,9H,7H2,1H3;3H,1,4H2,2H3;3-4H,1-2H2/b21-7-;;;. The van der Waals surface area contributed by atoms with E-state index in [0.717, 1.165) is 63.6 Å². The van der Waals surface area contributed by atoms with Crippen molar-refractivity contribution in [3.8, 4) is 22.8 Å². The number of allylic oxidation sites excluding steroid dienone is 5. The Balaban J connectivity index is 0.000000379. The molecule has 1 atom stereocenters. The van der Waals surface area contributed by atoms with E-state index in [0.29, 0.717) is 0 Å². The molecule has 2 aromatic heterocycles. The zero-order valence-corrected chi connectivity index (χ0v) is 35.3. The SMILES string of the molecule is C=C/C=C\c1c(C)c(C)c(-c2c(C=C)c3ccccc3n2-c2ccccc2)n1-c1ccc(C(N)c2ccccc2)cc1.C=CC=C.C=CCC.CNCc1ccccc1. The summed E-state index contributed by atoms with van der Waals surface area (Å²) in [4.78, 5) is 0. The molecular formula is C55H60N4. The molecule has 300 valence electrons. The Morgan fingerprint density at radius 1 is 0.610 bits per heavy atom. The van der Waals surface area contributed by atoms with Gasteiger partial charge in [0.25, 0.3) is 0 Å². The molecule has 0 aliphatic rings. The van der Waals surface area contributed by atoms with E-state index < -0.39 is 0 Å². The Hall–Kier alpha value is -6.72. The van der Waals surface area contributed by atoms with Gasteiger partial charge in [-0.05, 0) is 91.5 Å². The summed E-state index contributed by atoms with van der Waals surface area (Å²) >= 11 is 0. The fraction of sp³-hybridized carbons (Fsp3) is 0.127. The molecule has 0 fully saturated rings. The Morgan fingerprint density at radius 2 is 1.14 bits per heavy atom. The lowest BCUT2D eigenvalue weighted by molar-refractivity contribution is 0.818. The quantitative estimate of drug-likeness (QED) is 0.0959. The highest BCUT2D eigenvalue weighted by molar-refractivity contribution is 5.99. The fourth-order valence-corrected chi connectivity index (χ4v) is 6.77. The molecule has 5 aromatic carbocycles. The normalized spacial score (nSPS) is 10.9. The maximum Gasteiger partial charge on any atom is 0.0785 e. The minimum absolute atomic E-state index is 0.194. The molecule has 0 aliphatic carbocycles. The van der Waals surface area contributed by atoms with Crippen molar-refractivity contribution in [1.82, 2.24) is 14.5 Å². The van der Waals surface area contributed by atoms with E-state index in [9.17, 15) is 0 Å². The Labute approximate surface area is 353 Å². The van der Waals surface area contributed by atoms with E-state index in [1.54, 1.807) is 12.2 Å². The molecule has 0 radical (unpaired) electrons.